The number of esters is 1. The van der Waals surface area contributed by atoms with Crippen LogP contribution in [-0.4, -0.2) is 25.2 Å². The van der Waals surface area contributed by atoms with Crippen molar-refractivity contribution in [3.8, 4) is 17.6 Å². The Hall–Kier alpha value is -3.27. The monoisotopic (exact) mass is 370 g/mol. The lowest BCUT2D eigenvalue weighted by atomic mass is 9.99. The van der Waals surface area contributed by atoms with Crippen molar-refractivity contribution in [1.82, 2.24) is 4.98 Å². The molecule has 0 aliphatic carbocycles. The Kier molecular flexibility index (Phi) is 6.61. The number of aryl methyl sites for hydroxylation is 1. The molecule has 0 spiro atoms. The molecule has 27 heavy (non-hydrogen) atoms. The zero-order chi connectivity index (χ0) is 20.0. The molecule has 0 atom stereocenters. The summed E-state index contributed by atoms with van der Waals surface area (Å²) in [5.74, 6) is 0.864. The number of carbonyl (C=O) groups is 1. The molecule has 0 saturated carbocycles. The van der Waals surface area contributed by atoms with Gasteiger partial charge in [-0.3, -0.25) is 9.59 Å². The van der Waals surface area contributed by atoms with Crippen LogP contribution in [0.5, 0.6) is 11.5 Å². The lowest BCUT2D eigenvalue weighted by Gasteiger charge is -2.12. The van der Waals surface area contributed by atoms with Gasteiger partial charge in [-0.25, -0.2) is 0 Å². The summed E-state index contributed by atoms with van der Waals surface area (Å²) < 4.78 is 15.8. The third-order valence-corrected chi connectivity index (χ3v) is 4.38. The van der Waals surface area contributed by atoms with Gasteiger partial charge in [-0.1, -0.05) is 0 Å². The maximum absolute atomic E-state index is 12.2. The van der Waals surface area contributed by atoms with E-state index in [0.29, 0.717) is 34.7 Å². The van der Waals surface area contributed by atoms with Crippen LogP contribution in [0, 0.1) is 25.2 Å². The number of nitriles is 1. The van der Waals surface area contributed by atoms with Crippen molar-refractivity contribution in [3.63, 3.8) is 0 Å². The molecule has 1 N–H and O–H groups in total. The van der Waals surface area contributed by atoms with E-state index in [1.807, 2.05) is 6.07 Å². The summed E-state index contributed by atoms with van der Waals surface area (Å²) in [5, 5.41) is 9.11. The van der Waals surface area contributed by atoms with Gasteiger partial charge in [-0.2, -0.15) is 5.26 Å². The van der Waals surface area contributed by atoms with Crippen molar-refractivity contribution in [2.45, 2.75) is 33.3 Å². The highest BCUT2D eigenvalue weighted by Crippen LogP contribution is 2.25. The van der Waals surface area contributed by atoms with Gasteiger partial charge >= 0.3 is 5.97 Å². The number of pyridine rings is 1. The third-order valence-electron chi connectivity index (χ3n) is 4.38. The number of nitrogens with one attached hydrogen (secondary N) is 1. The molecule has 1 aromatic heterocycles. The first-order valence-corrected chi connectivity index (χ1v) is 8.40. The van der Waals surface area contributed by atoms with Crippen LogP contribution in [-0.2, 0) is 22.6 Å². The molecule has 0 saturated heterocycles. The molecule has 7 nitrogen and oxygen atoms in total. The van der Waals surface area contributed by atoms with Gasteiger partial charge in [-0.15, -0.1) is 0 Å². The number of ether oxygens (including phenoxy) is 3. The molecule has 1 aromatic carbocycles. The highest BCUT2D eigenvalue weighted by Gasteiger charge is 2.14. The van der Waals surface area contributed by atoms with E-state index in [1.54, 1.807) is 46.3 Å². The van der Waals surface area contributed by atoms with Gasteiger partial charge in [0.1, 0.15) is 29.7 Å². The van der Waals surface area contributed by atoms with Gasteiger partial charge < -0.3 is 19.2 Å². The fourth-order valence-corrected chi connectivity index (χ4v) is 2.87. The van der Waals surface area contributed by atoms with Crippen molar-refractivity contribution < 1.29 is 19.0 Å². The van der Waals surface area contributed by atoms with E-state index in [9.17, 15) is 9.59 Å². The van der Waals surface area contributed by atoms with Gasteiger partial charge in [0.15, 0.2) is 0 Å². The second-order valence-electron chi connectivity index (χ2n) is 6.01. The first-order chi connectivity index (χ1) is 12.9. The summed E-state index contributed by atoms with van der Waals surface area (Å²) in [7, 11) is 3.10. The quantitative estimate of drug-likeness (QED) is 0.752. The molecule has 0 bridgehead atoms. The summed E-state index contributed by atoms with van der Waals surface area (Å²) in [5.41, 5.74) is 2.39. The van der Waals surface area contributed by atoms with Gasteiger partial charge in [0.05, 0.1) is 14.2 Å². The molecule has 0 unspecified atom stereocenters. The molecule has 1 heterocycles. The molecule has 7 heteroatoms. The zero-order valence-corrected chi connectivity index (χ0v) is 15.8. The lowest BCUT2D eigenvalue weighted by Crippen LogP contribution is -2.17. The van der Waals surface area contributed by atoms with E-state index < -0.39 is 5.56 Å². The average molecular weight is 370 g/mol. The maximum atomic E-state index is 12.2. The lowest BCUT2D eigenvalue weighted by molar-refractivity contribution is -0.144. The number of hydrogen-bond donors (Lipinski definition) is 1. The summed E-state index contributed by atoms with van der Waals surface area (Å²) in [6.07, 6.45) is 0.502. The van der Waals surface area contributed by atoms with E-state index in [4.69, 9.17) is 19.5 Å². The van der Waals surface area contributed by atoms with Crippen LogP contribution in [0.3, 0.4) is 0 Å². The van der Waals surface area contributed by atoms with Gasteiger partial charge in [0.25, 0.3) is 5.56 Å². The van der Waals surface area contributed by atoms with Crippen LogP contribution in [0.4, 0.5) is 0 Å². The second-order valence-corrected chi connectivity index (χ2v) is 6.01. The molecular formula is C20H22N2O5. The standard InChI is InChI=1S/C20H22N2O5/c1-12-16(13(2)22-20(24)17(12)10-21)6-8-19(23)27-11-14-9-15(25-3)5-7-18(14)26-4/h5,7,9H,6,8,11H2,1-4H3,(H,22,24). The second kappa shape index (κ2) is 8.90. The molecule has 0 fully saturated rings. The van der Waals surface area contributed by atoms with Crippen LogP contribution in [0.15, 0.2) is 23.0 Å². The minimum absolute atomic E-state index is 0.0617. The molecule has 2 aromatic rings. The van der Waals surface area contributed by atoms with Gasteiger partial charge in [0.2, 0.25) is 0 Å². The Morgan fingerprint density at radius 1 is 1.22 bits per heavy atom. The smallest absolute Gasteiger partial charge is 0.306 e. The van der Waals surface area contributed by atoms with Crippen molar-refractivity contribution >= 4 is 5.97 Å². The Labute approximate surface area is 157 Å². The first kappa shape index (κ1) is 20.0. The van der Waals surface area contributed by atoms with Gasteiger partial charge in [0, 0.05) is 17.7 Å². The van der Waals surface area contributed by atoms with Crippen molar-refractivity contribution in [3.05, 3.63) is 56.5 Å². The molecule has 0 aliphatic heterocycles. The van der Waals surface area contributed by atoms with E-state index in [0.717, 1.165) is 5.56 Å². The molecule has 0 radical (unpaired) electrons. The maximum Gasteiger partial charge on any atom is 0.306 e. The number of H-pyrrole nitrogens is 1. The van der Waals surface area contributed by atoms with Crippen LogP contribution in [0.25, 0.3) is 0 Å². The minimum Gasteiger partial charge on any atom is -0.497 e. The summed E-state index contributed by atoms with van der Waals surface area (Å²) in [6.45, 7) is 3.52. The average Bonchev–Trinajstić information content (AvgIpc) is 2.65. The fourth-order valence-electron chi connectivity index (χ4n) is 2.87. The number of nitrogens with zero attached hydrogens (tertiary/aromatic N) is 1. The predicted octanol–water partition coefficient (Wildman–Crippen LogP) is 2.56. The molecule has 142 valence electrons. The summed E-state index contributed by atoms with van der Waals surface area (Å²) in [6, 6.07) is 7.17. The Morgan fingerprint density at radius 2 is 1.96 bits per heavy atom. The fraction of sp³-hybridized carbons (Fsp3) is 0.350. The molecular weight excluding hydrogens is 348 g/mol. The normalized spacial score (nSPS) is 10.2. The Bertz CT molecular complexity index is 941. The molecule has 0 aliphatic rings. The number of aromatic amines is 1. The van der Waals surface area contributed by atoms with Crippen LogP contribution < -0.4 is 15.0 Å². The first-order valence-electron chi connectivity index (χ1n) is 8.40. The van der Waals surface area contributed by atoms with Gasteiger partial charge in [-0.05, 0) is 49.6 Å². The highest BCUT2D eigenvalue weighted by molar-refractivity contribution is 5.70. The van der Waals surface area contributed by atoms with Crippen LogP contribution >= 0.6 is 0 Å². The number of hydrogen-bond acceptors (Lipinski definition) is 6. The minimum atomic E-state index is -0.413. The SMILES string of the molecule is COc1ccc(OC)c(COC(=O)CCc2c(C)[nH]c(=O)c(C#N)c2C)c1. The van der Waals surface area contributed by atoms with Crippen LogP contribution in [0.2, 0.25) is 0 Å². The van der Waals surface area contributed by atoms with Crippen molar-refractivity contribution in [2.24, 2.45) is 0 Å². The number of rotatable bonds is 7. The Morgan fingerprint density at radius 3 is 2.59 bits per heavy atom. The molecule has 2 rings (SSSR count). The predicted molar refractivity (Wildman–Crippen MR) is 98.9 cm³/mol. The van der Waals surface area contributed by atoms with E-state index in [-0.39, 0.29) is 24.6 Å². The highest BCUT2D eigenvalue weighted by atomic mass is 16.5. The third kappa shape index (κ3) is 4.67. The molecule has 0 amide bonds. The largest absolute Gasteiger partial charge is 0.497 e. The van der Waals surface area contributed by atoms with Crippen molar-refractivity contribution in [2.75, 3.05) is 14.2 Å². The van der Waals surface area contributed by atoms with E-state index >= 15 is 0 Å². The summed E-state index contributed by atoms with van der Waals surface area (Å²) >= 11 is 0. The van der Waals surface area contributed by atoms with E-state index in [1.165, 1.54) is 0 Å². The van der Waals surface area contributed by atoms with Crippen LogP contribution in [0.1, 0.15) is 34.4 Å². The number of methoxy groups -OCH3 is 2. The number of carbonyl (C=O) groups excluding carboxylic acids is 1. The number of aromatic nitrogens is 1. The van der Waals surface area contributed by atoms with E-state index in [2.05, 4.69) is 4.98 Å². The number of benzene rings is 1. The van der Waals surface area contributed by atoms with Crippen molar-refractivity contribution in [1.29, 1.82) is 5.26 Å². The Balaban J connectivity index is 2.04. The summed E-state index contributed by atoms with van der Waals surface area (Å²) in [4.78, 5) is 26.6. The topological polar surface area (TPSA) is 101 Å². The zero-order valence-electron chi connectivity index (χ0n) is 15.8.